The van der Waals surface area contributed by atoms with Crippen molar-refractivity contribution in [1.29, 1.82) is 0 Å². The minimum absolute atomic E-state index is 0.0721. The van der Waals surface area contributed by atoms with Crippen molar-refractivity contribution < 1.29 is 9.18 Å². The second-order valence-electron chi connectivity index (χ2n) is 8.74. The van der Waals surface area contributed by atoms with E-state index >= 15 is 0 Å². The molecule has 0 radical (unpaired) electrons. The fourth-order valence-corrected chi connectivity index (χ4v) is 4.28. The van der Waals surface area contributed by atoms with Gasteiger partial charge in [0.25, 0.3) is 5.91 Å². The van der Waals surface area contributed by atoms with Gasteiger partial charge in [0.05, 0.1) is 11.4 Å². The standard InChI is InChI=1S/C25H27FN8O/c1-16-17(2)34(15-27-16)24-14-23(28-18(3)29-24)32-9-11-33(12-10-32)25(35)22-13-21(30-31(22)4)19-5-7-20(26)8-6-19/h5-8,13-15H,9-12H2,1-4H3. The lowest BCUT2D eigenvalue weighted by atomic mass is 10.1. The average molecular weight is 475 g/mol. The van der Waals surface area contributed by atoms with Crippen LogP contribution in [0.5, 0.6) is 0 Å². The van der Waals surface area contributed by atoms with E-state index in [2.05, 4.69) is 25.0 Å². The molecule has 0 spiro atoms. The number of aromatic nitrogens is 6. The number of benzene rings is 1. The Morgan fingerprint density at radius 3 is 2.29 bits per heavy atom. The zero-order valence-electron chi connectivity index (χ0n) is 20.2. The molecular weight excluding hydrogens is 447 g/mol. The molecule has 1 fully saturated rings. The number of hydrogen-bond donors (Lipinski definition) is 0. The van der Waals surface area contributed by atoms with Crippen molar-refractivity contribution in [3.8, 4) is 17.1 Å². The van der Waals surface area contributed by atoms with Gasteiger partial charge in [0, 0.05) is 50.6 Å². The molecule has 4 aromatic rings. The molecule has 1 amide bonds. The van der Waals surface area contributed by atoms with Gasteiger partial charge in [0.2, 0.25) is 0 Å². The second kappa shape index (κ2) is 8.94. The minimum Gasteiger partial charge on any atom is -0.353 e. The normalized spacial score (nSPS) is 14.0. The predicted octanol–water partition coefficient (Wildman–Crippen LogP) is 3.09. The van der Waals surface area contributed by atoms with Crippen molar-refractivity contribution in [3.05, 3.63) is 71.4 Å². The third-order valence-corrected chi connectivity index (χ3v) is 6.44. The summed E-state index contributed by atoms with van der Waals surface area (Å²) in [5.41, 5.74) is 3.92. The Balaban J connectivity index is 1.30. The molecule has 0 atom stereocenters. The molecule has 1 saturated heterocycles. The number of carbonyl (C=O) groups is 1. The topological polar surface area (TPSA) is 85.0 Å². The number of nitrogens with zero attached hydrogens (tertiary/aromatic N) is 8. The molecule has 0 N–H and O–H groups in total. The number of amides is 1. The van der Waals surface area contributed by atoms with Gasteiger partial charge in [-0.25, -0.2) is 19.3 Å². The number of imidazole rings is 1. The first-order valence-electron chi connectivity index (χ1n) is 11.5. The van der Waals surface area contributed by atoms with Gasteiger partial charge in [-0.05, 0) is 51.1 Å². The maximum absolute atomic E-state index is 13.3. The summed E-state index contributed by atoms with van der Waals surface area (Å²) in [6, 6.07) is 9.83. The smallest absolute Gasteiger partial charge is 0.272 e. The fourth-order valence-electron chi connectivity index (χ4n) is 4.28. The van der Waals surface area contributed by atoms with E-state index in [0.717, 1.165) is 28.6 Å². The first kappa shape index (κ1) is 22.7. The van der Waals surface area contributed by atoms with Gasteiger partial charge >= 0.3 is 0 Å². The molecule has 10 heteroatoms. The number of hydrogen-bond acceptors (Lipinski definition) is 6. The lowest BCUT2D eigenvalue weighted by Crippen LogP contribution is -2.49. The van der Waals surface area contributed by atoms with Crippen LogP contribution in [0.1, 0.15) is 27.7 Å². The Labute approximate surface area is 202 Å². The van der Waals surface area contributed by atoms with E-state index in [1.165, 1.54) is 12.1 Å². The van der Waals surface area contributed by atoms with Gasteiger partial charge in [-0.1, -0.05) is 0 Å². The summed E-state index contributed by atoms with van der Waals surface area (Å²) < 4.78 is 16.8. The highest BCUT2D eigenvalue weighted by molar-refractivity contribution is 5.94. The first-order valence-corrected chi connectivity index (χ1v) is 11.5. The maximum Gasteiger partial charge on any atom is 0.272 e. The fraction of sp³-hybridized carbons (Fsp3) is 0.320. The largest absolute Gasteiger partial charge is 0.353 e. The number of rotatable bonds is 4. The average Bonchev–Trinajstić information content (AvgIpc) is 3.40. The van der Waals surface area contributed by atoms with E-state index in [4.69, 9.17) is 0 Å². The van der Waals surface area contributed by atoms with E-state index in [9.17, 15) is 9.18 Å². The summed E-state index contributed by atoms with van der Waals surface area (Å²) in [7, 11) is 1.75. The van der Waals surface area contributed by atoms with Gasteiger partial charge in [0.1, 0.15) is 35.3 Å². The molecule has 180 valence electrons. The van der Waals surface area contributed by atoms with E-state index < -0.39 is 0 Å². The maximum atomic E-state index is 13.3. The number of halogens is 1. The molecule has 1 aromatic carbocycles. The Hall–Kier alpha value is -4.08. The first-order chi connectivity index (χ1) is 16.8. The van der Waals surface area contributed by atoms with Crippen LogP contribution >= 0.6 is 0 Å². The van der Waals surface area contributed by atoms with Crippen molar-refractivity contribution in [2.24, 2.45) is 7.05 Å². The van der Waals surface area contributed by atoms with Gasteiger partial charge in [-0.15, -0.1) is 0 Å². The number of piperazine rings is 1. The summed E-state index contributed by atoms with van der Waals surface area (Å²) in [4.78, 5) is 30.9. The molecule has 5 rings (SSSR count). The van der Waals surface area contributed by atoms with Crippen LogP contribution in [0, 0.1) is 26.6 Å². The van der Waals surface area contributed by atoms with Crippen molar-refractivity contribution in [2.45, 2.75) is 20.8 Å². The number of carbonyl (C=O) groups excluding carboxylic acids is 1. The lowest BCUT2D eigenvalue weighted by Gasteiger charge is -2.35. The van der Waals surface area contributed by atoms with E-state index in [1.807, 2.05) is 36.3 Å². The van der Waals surface area contributed by atoms with Crippen LogP contribution in [0.25, 0.3) is 17.1 Å². The molecule has 0 aliphatic carbocycles. The van der Waals surface area contributed by atoms with Gasteiger partial charge in [-0.3, -0.25) is 14.0 Å². The van der Waals surface area contributed by atoms with Crippen molar-refractivity contribution >= 4 is 11.7 Å². The molecule has 0 unspecified atom stereocenters. The van der Waals surface area contributed by atoms with Crippen LogP contribution < -0.4 is 4.90 Å². The highest BCUT2D eigenvalue weighted by Gasteiger charge is 2.26. The van der Waals surface area contributed by atoms with E-state index in [1.54, 1.807) is 36.3 Å². The Kier molecular flexibility index (Phi) is 5.80. The molecule has 9 nitrogen and oxygen atoms in total. The molecule has 35 heavy (non-hydrogen) atoms. The summed E-state index contributed by atoms with van der Waals surface area (Å²) in [5.74, 6) is 1.93. The summed E-state index contributed by atoms with van der Waals surface area (Å²) in [6.45, 7) is 8.33. The van der Waals surface area contributed by atoms with Crippen LogP contribution in [-0.4, -0.2) is 66.3 Å². The predicted molar refractivity (Wildman–Crippen MR) is 130 cm³/mol. The van der Waals surface area contributed by atoms with Crippen LogP contribution in [0.4, 0.5) is 10.2 Å². The summed E-state index contributed by atoms with van der Waals surface area (Å²) >= 11 is 0. The zero-order chi connectivity index (χ0) is 24.7. The van der Waals surface area contributed by atoms with Crippen molar-refractivity contribution in [1.82, 2.24) is 34.2 Å². The molecular formula is C25H27FN8O. The molecule has 0 bridgehead atoms. The summed E-state index contributed by atoms with van der Waals surface area (Å²) in [5, 5.41) is 4.46. The molecule has 1 aliphatic heterocycles. The second-order valence-corrected chi connectivity index (χ2v) is 8.74. The lowest BCUT2D eigenvalue weighted by molar-refractivity contribution is 0.0735. The van der Waals surface area contributed by atoms with Crippen molar-refractivity contribution in [2.75, 3.05) is 31.1 Å². The molecule has 1 aliphatic rings. The SMILES string of the molecule is Cc1nc(N2CCN(C(=O)c3cc(-c4ccc(F)cc4)nn3C)CC2)cc(-n2cnc(C)c2C)n1. The monoisotopic (exact) mass is 474 g/mol. The van der Waals surface area contributed by atoms with Crippen LogP contribution in [0.2, 0.25) is 0 Å². The van der Waals surface area contributed by atoms with Gasteiger partial charge in [-0.2, -0.15) is 5.10 Å². The van der Waals surface area contributed by atoms with E-state index in [0.29, 0.717) is 43.4 Å². The Bertz CT molecular complexity index is 1380. The number of aryl methyl sites for hydroxylation is 3. The summed E-state index contributed by atoms with van der Waals surface area (Å²) in [6.07, 6.45) is 1.78. The van der Waals surface area contributed by atoms with Gasteiger partial charge in [0.15, 0.2) is 0 Å². The highest BCUT2D eigenvalue weighted by Crippen LogP contribution is 2.22. The molecule has 4 heterocycles. The van der Waals surface area contributed by atoms with Crippen LogP contribution in [0.3, 0.4) is 0 Å². The van der Waals surface area contributed by atoms with E-state index in [-0.39, 0.29) is 11.7 Å². The minimum atomic E-state index is -0.305. The van der Waals surface area contributed by atoms with Gasteiger partial charge < -0.3 is 9.80 Å². The zero-order valence-corrected chi connectivity index (χ0v) is 20.2. The molecule has 3 aromatic heterocycles. The van der Waals surface area contributed by atoms with Crippen LogP contribution in [0.15, 0.2) is 42.7 Å². The Morgan fingerprint density at radius 1 is 0.943 bits per heavy atom. The quantitative estimate of drug-likeness (QED) is 0.452. The third-order valence-electron chi connectivity index (χ3n) is 6.44. The third kappa shape index (κ3) is 4.39. The highest BCUT2D eigenvalue weighted by atomic mass is 19.1. The van der Waals surface area contributed by atoms with Crippen LogP contribution in [-0.2, 0) is 7.05 Å². The molecule has 0 saturated carbocycles. The van der Waals surface area contributed by atoms with Crippen molar-refractivity contribution in [3.63, 3.8) is 0 Å². The Morgan fingerprint density at radius 2 is 1.63 bits per heavy atom. The number of anilines is 1.